The smallest absolute Gasteiger partial charge is 0.326 e. The minimum atomic E-state index is -0.808. The molecule has 8 heteroatoms. The van der Waals surface area contributed by atoms with Crippen LogP contribution in [-0.4, -0.2) is 51.6 Å². The van der Waals surface area contributed by atoms with E-state index in [1.165, 1.54) is 27.4 Å². The van der Waals surface area contributed by atoms with Gasteiger partial charge in [-0.05, 0) is 37.0 Å². The number of methoxy groups -OCH3 is 3. The molecule has 8 nitrogen and oxygen atoms in total. The van der Waals surface area contributed by atoms with Crippen molar-refractivity contribution in [1.82, 2.24) is 0 Å². The summed E-state index contributed by atoms with van der Waals surface area (Å²) in [7, 11) is 4.23. The summed E-state index contributed by atoms with van der Waals surface area (Å²) in [6.45, 7) is 6.34. The Morgan fingerprint density at radius 1 is 1.00 bits per heavy atom. The third-order valence-electron chi connectivity index (χ3n) is 6.25. The first-order valence-electron chi connectivity index (χ1n) is 10.5. The van der Waals surface area contributed by atoms with Crippen molar-refractivity contribution in [2.24, 2.45) is 11.3 Å². The summed E-state index contributed by atoms with van der Waals surface area (Å²) >= 11 is 0. The summed E-state index contributed by atoms with van der Waals surface area (Å²) in [5.41, 5.74) is 0.543. The first kappa shape index (κ1) is 22.9. The maximum Gasteiger partial charge on any atom is 0.326 e. The first-order valence-corrected chi connectivity index (χ1v) is 10.5. The van der Waals surface area contributed by atoms with Crippen LogP contribution in [0.25, 0.3) is 0 Å². The highest BCUT2D eigenvalue weighted by molar-refractivity contribution is 6.53. The van der Waals surface area contributed by atoms with E-state index in [4.69, 9.17) is 18.9 Å². The Balaban J connectivity index is 1.76. The lowest BCUT2D eigenvalue weighted by molar-refractivity contribution is -0.150. The second-order valence-corrected chi connectivity index (χ2v) is 9.09. The molecule has 0 atom stereocenters. The van der Waals surface area contributed by atoms with Crippen LogP contribution in [0.4, 0.5) is 5.69 Å². The molecule has 0 saturated heterocycles. The van der Waals surface area contributed by atoms with Crippen molar-refractivity contribution in [3.8, 4) is 17.2 Å². The molecule has 1 fully saturated rings. The highest BCUT2D eigenvalue weighted by Crippen LogP contribution is 2.48. The van der Waals surface area contributed by atoms with Gasteiger partial charge in [0.25, 0.3) is 11.7 Å². The number of hydrogen-bond donors (Lipinski definition) is 0. The van der Waals surface area contributed by atoms with E-state index >= 15 is 0 Å². The molecule has 1 aromatic rings. The molecule has 170 valence electrons. The van der Waals surface area contributed by atoms with Crippen LogP contribution in [0, 0.1) is 11.3 Å². The lowest BCUT2D eigenvalue weighted by atomic mass is 9.72. The van der Waals surface area contributed by atoms with Crippen molar-refractivity contribution in [1.29, 1.82) is 0 Å². The van der Waals surface area contributed by atoms with E-state index in [1.54, 1.807) is 0 Å². The highest BCUT2D eigenvalue weighted by atomic mass is 16.5. The molecular formula is C23H31NO7. The number of esters is 1. The Hall–Kier alpha value is -2.77. The number of amides is 1. The number of hydrogen-bond acceptors (Lipinski definition) is 7. The SMILES string of the molecule is COc1cc2c(c(OC)c1OC)C(=O)C(=O)N2CC(=O)OC1CCC(C(C)(C)C)CC1. The average molecular weight is 434 g/mol. The molecular weight excluding hydrogens is 402 g/mol. The maximum atomic E-state index is 12.6. The van der Waals surface area contributed by atoms with Crippen LogP contribution in [0.5, 0.6) is 17.2 Å². The van der Waals surface area contributed by atoms with Crippen molar-refractivity contribution < 1.29 is 33.3 Å². The van der Waals surface area contributed by atoms with Gasteiger partial charge >= 0.3 is 5.97 Å². The predicted octanol–water partition coefficient (Wildman–Crippen LogP) is 3.39. The Morgan fingerprint density at radius 3 is 2.13 bits per heavy atom. The van der Waals surface area contributed by atoms with E-state index in [-0.39, 0.29) is 40.8 Å². The van der Waals surface area contributed by atoms with Crippen LogP contribution in [-0.2, 0) is 14.3 Å². The molecule has 1 aliphatic carbocycles. The number of rotatable bonds is 6. The number of nitrogens with zero attached hydrogens (tertiary/aromatic N) is 1. The van der Waals surface area contributed by atoms with Crippen LogP contribution in [0.3, 0.4) is 0 Å². The van der Waals surface area contributed by atoms with Gasteiger partial charge in [-0.1, -0.05) is 20.8 Å². The molecule has 0 spiro atoms. The number of anilines is 1. The molecule has 3 rings (SSSR count). The number of ketones is 1. The minimum absolute atomic E-state index is 0.0589. The van der Waals surface area contributed by atoms with E-state index in [9.17, 15) is 14.4 Å². The Bertz CT molecular complexity index is 879. The fraction of sp³-hybridized carbons (Fsp3) is 0.609. The Morgan fingerprint density at radius 2 is 1.61 bits per heavy atom. The highest BCUT2D eigenvalue weighted by Gasteiger charge is 2.42. The molecule has 0 aromatic heterocycles. The summed E-state index contributed by atoms with van der Waals surface area (Å²) in [5, 5.41) is 0. The molecule has 2 aliphatic rings. The zero-order valence-corrected chi connectivity index (χ0v) is 19.1. The number of carbonyl (C=O) groups excluding carboxylic acids is 3. The quantitative estimate of drug-likeness (QED) is 0.502. The van der Waals surface area contributed by atoms with Crippen molar-refractivity contribution in [3.05, 3.63) is 11.6 Å². The number of Topliss-reactive ketones (excluding diaryl/α,β-unsaturated/α-hetero) is 1. The van der Waals surface area contributed by atoms with Gasteiger partial charge in [-0.2, -0.15) is 0 Å². The predicted molar refractivity (Wildman–Crippen MR) is 114 cm³/mol. The van der Waals surface area contributed by atoms with E-state index in [2.05, 4.69) is 20.8 Å². The maximum absolute atomic E-state index is 12.6. The molecule has 0 bridgehead atoms. The molecule has 0 unspecified atom stereocenters. The van der Waals surface area contributed by atoms with Crippen LogP contribution < -0.4 is 19.1 Å². The standard InChI is InChI=1S/C23H31NO7/c1-23(2,3)13-7-9-14(10-8-13)31-17(25)12-24-15-11-16(28-4)20(29-5)21(30-6)18(15)19(26)22(24)27/h11,13-14H,7-10,12H2,1-6H3. The van der Waals surface area contributed by atoms with Gasteiger partial charge in [0, 0.05) is 6.07 Å². The summed E-state index contributed by atoms with van der Waals surface area (Å²) in [5.74, 6) is -0.900. The normalized spacial score (nSPS) is 21.0. The first-order chi connectivity index (χ1) is 14.6. The third kappa shape index (κ3) is 4.34. The molecule has 1 heterocycles. The molecule has 1 amide bonds. The van der Waals surface area contributed by atoms with Crippen molar-refractivity contribution in [2.75, 3.05) is 32.8 Å². The molecule has 1 saturated carbocycles. The third-order valence-corrected chi connectivity index (χ3v) is 6.25. The second kappa shape index (κ2) is 8.77. The number of fused-ring (bicyclic) bond motifs is 1. The van der Waals surface area contributed by atoms with Gasteiger partial charge in [-0.15, -0.1) is 0 Å². The summed E-state index contributed by atoms with van der Waals surface area (Å²) in [6.07, 6.45) is 3.43. The van der Waals surface area contributed by atoms with Crippen molar-refractivity contribution in [2.45, 2.75) is 52.6 Å². The minimum Gasteiger partial charge on any atom is -0.493 e. The Labute approximate surface area is 182 Å². The molecule has 31 heavy (non-hydrogen) atoms. The fourth-order valence-corrected chi connectivity index (χ4v) is 4.47. The largest absolute Gasteiger partial charge is 0.493 e. The van der Waals surface area contributed by atoms with Gasteiger partial charge in [0.05, 0.1) is 32.6 Å². The van der Waals surface area contributed by atoms with E-state index in [1.807, 2.05) is 0 Å². The zero-order chi connectivity index (χ0) is 22.9. The van der Waals surface area contributed by atoms with Gasteiger partial charge in [0.2, 0.25) is 5.75 Å². The van der Waals surface area contributed by atoms with Crippen LogP contribution in [0.1, 0.15) is 56.8 Å². The number of benzene rings is 1. The Kier molecular flexibility index (Phi) is 6.48. The summed E-state index contributed by atoms with van der Waals surface area (Å²) in [4.78, 5) is 39.0. The summed E-state index contributed by atoms with van der Waals surface area (Å²) in [6, 6.07) is 1.50. The van der Waals surface area contributed by atoms with Crippen LogP contribution in [0.15, 0.2) is 6.07 Å². The van der Waals surface area contributed by atoms with Crippen LogP contribution >= 0.6 is 0 Å². The number of carbonyl (C=O) groups is 3. The van der Waals surface area contributed by atoms with Gasteiger partial charge < -0.3 is 18.9 Å². The van der Waals surface area contributed by atoms with Gasteiger partial charge in [0.15, 0.2) is 11.5 Å². The molecule has 1 aromatic carbocycles. The fourth-order valence-electron chi connectivity index (χ4n) is 4.47. The second-order valence-electron chi connectivity index (χ2n) is 9.09. The molecule has 1 aliphatic heterocycles. The summed E-state index contributed by atoms with van der Waals surface area (Å²) < 4.78 is 21.6. The van der Waals surface area contributed by atoms with E-state index in [0.29, 0.717) is 11.7 Å². The number of ether oxygens (including phenoxy) is 4. The van der Waals surface area contributed by atoms with E-state index in [0.717, 1.165) is 30.6 Å². The molecule has 0 radical (unpaired) electrons. The van der Waals surface area contributed by atoms with E-state index < -0.39 is 17.7 Å². The lowest BCUT2D eigenvalue weighted by Crippen LogP contribution is -2.37. The average Bonchev–Trinajstić information content (AvgIpc) is 2.96. The van der Waals surface area contributed by atoms with Gasteiger partial charge in [-0.3, -0.25) is 19.3 Å². The topological polar surface area (TPSA) is 91.4 Å². The van der Waals surface area contributed by atoms with Gasteiger partial charge in [0.1, 0.15) is 12.6 Å². The lowest BCUT2D eigenvalue weighted by Gasteiger charge is -2.36. The monoisotopic (exact) mass is 433 g/mol. The zero-order valence-electron chi connectivity index (χ0n) is 19.1. The van der Waals surface area contributed by atoms with Crippen molar-refractivity contribution >= 4 is 23.3 Å². The van der Waals surface area contributed by atoms with Crippen molar-refractivity contribution in [3.63, 3.8) is 0 Å². The van der Waals surface area contributed by atoms with Crippen LogP contribution in [0.2, 0.25) is 0 Å². The van der Waals surface area contributed by atoms with Gasteiger partial charge in [-0.25, -0.2) is 0 Å². The molecule has 0 N–H and O–H groups in total.